The van der Waals surface area contributed by atoms with Gasteiger partial charge in [-0.25, -0.2) is 4.79 Å². The highest BCUT2D eigenvalue weighted by Crippen LogP contribution is 2.70. The van der Waals surface area contributed by atoms with Gasteiger partial charge in [-0.3, -0.25) is 9.69 Å². The number of carboxylic acid groups (broad SMARTS) is 1. The van der Waals surface area contributed by atoms with Crippen molar-refractivity contribution < 1.29 is 73.4 Å². The summed E-state index contributed by atoms with van der Waals surface area (Å²) in [6.07, 6.45) is 0.879. The first-order chi connectivity index (χ1) is 28.4. The Balaban J connectivity index is 0.819. The number of hydrogen-bond acceptors (Lipinski definition) is 15. The van der Waals surface area contributed by atoms with Crippen LogP contribution in [0.3, 0.4) is 0 Å². The molecule has 8 rings (SSSR count). The molecule has 0 bridgehead atoms. The Kier molecular flexibility index (Phi) is 12.9. The number of esters is 1. The standard InChI is InChI=1S/C44H69NO15/c1-22-19-45(31(20-46)41(51)52)13-10-36(55-22)59-39-23(2)57-38(18-33(39)48)60-40-24(3)56-37(17-32(40)47)58-27-8-11-42(4)26(15-27)6-7-29-30(42)16-34(49)43(5)28(9-12-44(29,43)53)25-14-35(50)54-21-25/h14,22-24,26-34,36-40,46-49,53H,6-13,15-21H2,1-5H3,(H,51,52)/t22?,23-,24-,26?,27-,28+,29?,30?,31?,32-,33-,34-,36?,37-,38-,39+,40+,42-,43-,44-/m0/s1. The van der Waals surface area contributed by atoms with Crippen molar-refractivity contribution in [1.82, 2.24) is 4.90 Å². The molecule has 4 heterocycles. The quantitative estimate of drug-likeness (QED) is 0.137. The molecule has 6 N–H and O–H groups in total. The molecule has 4 saturated carbocycles. The van der Waals surface area contributed by atoms with Gasteiger partial charge in [-0.1, -0.05) is 13.8 Å². The van der Waals surface area contributed by atoms with Crippen LogP contribution in [-0.2, 0) is 42.7 Å². The smallest absolute Gasteiger partial charge is 0.331 e. The number of aliphatic hydroxyl groups is 5. The third-order valence-electron chi connectivity index (χ3n) is 16.7. The van der Waals surface area contributed by atoms with E-state index >= 15 is 0 Å². The SMILES string of the molecule is CC1CN(C(CO)C(=O)O)CCC(O[C@@H]2[C@H](C)O[C@@H](O[C@@H]3[C@H](C)O[C@@H](O[C@H]4CC[C@@]5(C)C(CCC6C5C[C@H](O)[C@]5(C)[C@@H](C7=CC(=O)OC7)CC[C@]65O)C4)C[C@@H]3O)C[C@@H]2O)O1. The molecule has 340 valence electrons. The van der Waals surface area contributed by atoms with Gasteiger partial charge in [0.2, 0.25) is 0 Å². The zero-order valence-corrected chi connectivity index (χ0v) is 35.8. The summed E-state index contributed by atoms with van der Waals surface area (Å²) in [7, 11) is 0. The number of aliphatic carboxylic acids is 1. The average molecular weight is 852 g/mol. The van der Waals surface area contributed by atoms with E-state index in [1.807, 2.05) is 20.8 Å². The van der Waals surface area contributed by atoms with E-state index in [1.54, 1.807) is 17.9 Å². The number of carbonyl (C=O) groups excluding carboxylic acids is 1. The minimum absolute atomic E-state index is 0.0579. The van der Waals surface area contributed by atoms with Gasteiger partial charge in [0.1, 0.15) is 24.9 Å². The van der Waals surface area contributed by atoms with Crippen LogP contribution in [0.1, 0.15) is 105 Å². The molecule has 0 radical (unpaired) electrons. The minimum atomic E-state index is -1.11. The van der Waals surface area contributed by atoms with Crippen molar-refractivity contribution in [2.24, 2.45) is 34.5 Å². The second-order valence-corrected chi connectivity index (χ2v) is 19.9. The summed E-state index contributed by atoms with van der Waals surface area (Å²) < 4.78 is 42.8. The first-order valence-corrected chi connectivity index (χ1v) is 22.6. The Morgan fingerprint density at radius 3 is 2.13 bits per heavy atom. The molecule has 8 aliphatic rings. The van der Waals surface area contributed by atoms with Gasteiger partial charge in [0, 0.05) is 43.8 Å². The van der Waals surface area contributed by atoms with Crippen LogP contribution in [-0.4, -0.2) is 159 Å². The van der Waals surface area contributed by atoms with Crippen molar-refractivity contribution in [1.29, 1.82) is 0 Å². The lowest BCUT2D eigenvalue weighted by Crippen LogP contribution is -2.67. The summed E-state index contributed by atoms with van der Waals surface area (Å²) in [6.45, 7) is 10.2. The van der Waals surface area contributed by atoms with Crippen molar-refractivity contribution in [2.45, 2.75) is 191 Å². The van der Waals surface area contributed by atoms with E-state index in [1.165, 1.54) is 0 Å². The fourth-order valence-electron chi connectivity index (χ4n) is 13.4. The van der Waals surface area contributed by atoms with Crippen LogP contribution in [0.5, 0.6) is 0 Å². The lowest BCUT2D eigenvalue weighted by atomic mass is 9.42. The summed E-state index contributed by atoms with van der Waals surface area (Å²) in [5.74, 6) is -0.943. The molecule has 7 fully saturated rings. The molecule has 0 aromatic heterocycles. The molecule has 0 aromatic carbocycles. The second-order valence-electron chi connectivity index (χ2n) is 19.9. The molecule has 16 nitrogen and oxygen atoms in total. The van der Waals surface area contributed by atoms with Crippen molar-refractivity contribution in [3.63, 3.8) is 0 Å². The van der Waals surface area contributed by atoms with Gasteiger partial charge >= 0.3 is 11.9 Å². The van der Waals surface area contributed by atoms with Gasteiger partial charge in [-0.15, -0.1) is 0 Å². The van der Waals surface area contributed by atoms with Gasteiger partial charge in [0.05, 0.1) is 54.9 Å². The molecular formula is C44H69NO15. The van der Waals surface area contributed by atoms with Crippen molar-refractivity contribution >= 4 is 11.9 Å². The minimum Gasteiger partial charge on any atom is -0.480 e. The largest absolute Gasteiger partial charge is 0.480 e. The fourth-order valence-corrected chi connectivity index (χ4v) is 13.4. The lowest BCUT2D eigenvalue weighted by molar-refractivity contribution is -0.329. The fraction of sp³-hybridized carbons (Fsp3) is 0.909. The molecule has 0 spiro atoms. The predicted molar refractivity (Wildman–Crippen MR) is 211 cm³/mol. The molecule has 4 aliphatic carbocycles. The molecule has 20 atom stereocenters. The molecule has 6 unspecified atom stereocenters. The van der Waals surface area contributed by atoms with Crippen molar-refractivity contribution in [2.75, 3.05) is 26.3 Å². The second kappa shape index (κ2) is 17.3. The van der Waals surface area contributed by atoms with Crippen molar-refractivity contribution in [3.05, 3.63) is 11.6 Å². The number of ether oxygens (including phenoxy) is 7. The number of fused-ring (bicyclic) bond motifs is 5. The third-order valence-corrected chi connectivity index (χ3v) is 16.7. The van der Waals surface area contributed by atoms with Crippen LogP contribution >= 0.6 is 0 Å². The maximum absolute atomic E-state index is 12.6. The molecule has 4 aliphatic heterocycles. The number of hydrogen-bond donors (Lipinski definition) is 6. The maximum atomic E-state index is 12.6. The van der Waals surface area contributed by atoms with Gasteiger partial charge in [0.25, 0.3) is 0 Å². The Labute approximate surface area is 352 Å². The third kappa shape index (κ3) is 8.01. The Morgan fingerprint density at radius 2 is 1.52 bits per heavy atom. The van der Waals surface area contributed by atoms with E-state index in [0.29, 0.717) is 38.3 Å². The van der Waals surface area contributed by atoms with Gasteiger partial charge < -0.3 is 63.8 Å². The van der Waals surface area contributed by atoms with E-state index in [4.69, 9.17) is 33.2 Å². The van der Waals surface area contributed by atoms with Crippen LogP contribution in [0.2, 0.25) is 0 Å². The lowest BCUT2D eigenvalue weighted by Gasteiger charge is -2.65. The van der Waals surface area contributed by atoms with Crippen molar-refractivity contribution in [3.8, 4) is 0 Å². The van der Waals surface area contributed by atoms with Gasteiger partial charge in [-0.05, 0) is 107 Å². The number of carboxylic acids is 1. The number of nitrogens with zero attached hydrogens (tertiary/aromatic N) is 1. The zero-order valence-electron chi connectivity index (χ0n) is 35.8. The number of cyclic esters (lactones) is 1. The number of rotatable bonds is 10. The maximum Gasteiger partial charge on any atom is 0.331 e. The monoisotopic (exact) mass is 851 g/mol. The average Bonchev–Trinajstić information content (AvgIpc) is 3.67. The van der Waals surface area contributed by atoms with E-state index in [0.717, 1.165) is 44.1 Å². The summed E-state index contributed by atoms with van der Waals surface area (Å²) in [5.41, 5.74) is -0.926. The summed E-state index contributed by atoms with van der Waals surface area (Å²) in [6, 6.07) is -1.04. The van der Waals surface area contributed by atoms with Crippen LogP contribution in [0.15, 0.2) is 11.6 Å². The van der Waals surface area contributed by atoms with Gasteiger partial charge in [0.15, 0.2) is 18.9 Å². The zero-order chi connectivity index (χ0) is 42.9. The first-order valence-electron chi connectivity index (χ1n) is 22.6. The van der Waals surface area contributed by atoms with Crippen LogP contribution < -0.4 is 0 Å². The van der Waals surface area contributed by atoms with Crippen LogP contribution in [0.4, 0.5) is 0 Å². The van der Waals surface area contributed by atoms with E-state index in [-0.39, 0.29) is 60.8 Å². The van der Waals surface area contributed by atoms with E-state index in [9.17, 15) is 40.2 Å². The molecule has 3 saturated heterocycles. The van der Waals surface area contributed by atoms with E-state index in [2.05, 4.69) is 6.92 Å². The summed E-state index contributed by atoms with van der Waals surface area (Å²) in [4.78, 5) is 25.3. The topological polar surface area (TPSA) is 223 Å². The first kappa shape index (κ1) is 44.8. The molecule has 16 heteroatoms. The molecule has 0 aromatic rings. The number of aliphatic hydroxyl groups excluding tert-OH is 4. The number of carbonyl (C=O) groups is 2. The predicted octanol–water partition coefficient (Wildman–Crippen LogP) is 2.24. The Morgan fingerprint density at radius 1 is 0.850 bits per heavy atom. The molecular weight excluding hydrogens is 782 g/mol. The van der Waals surface area contributed by atoms with Crippen LogP contribution in [0.25, 0.3) is 0 Å². The summed E-state index contributed by atoms with van der Waals surface area (Å²) in [5, 5.41) is 66.2. The van der Waals surface area contributed by atoms with Gasteiger partial charge in [-0.2, -0.15) is 0 Å². The Hall–Kier alpha value is -1.80. The van der Waals surface area contributed by atoms with E-state index < -0.39 is 91.2 Å². The highest BCUT2D eigenvalue weighted by molar-refractivity contribution is 5.85. The normalized spacial score (nSPS) is 50.4. The molecule has 0 amide bonds. The van der Waals surface area contributed by atoms with Crippen LogP contribution in [0, 0.1) is 34.5 Å². The summed E-state index contributed by atoms with van der Waals surface area (Å²) >= 11 is 0. The molecule has 60 heavy (non-hydrogen) atoms. The highest BCUT2D eigenvalue weighted by atomic mass is 16.7. The highest BCUT2D eigenvalue weighted by Gasteiger charge is 2.71. The Bertz CT molecular complexity index is 1580.